The van der Waals surface area contributed by atoms with Gasteiger partial charge in [-0.15, -0.1) is 0 Å². The van der Waals surface area contributed by atoms with Crippen LogP contribution in [0.15, 0.2) is 41.4 Å². The van der Waals surface area contributed by atoms with Gasteiger partial charge in [0.2, 0.25) is 0 Å². The lowest BCUT2D eigenvalue weighted by atomic mass is 10.1. The van der Waals surface area contributed by atoms with E-state index in [2.05, 4.69) is 0 Å². The smallest absolute Gasteiger partial charge is 0.164 e. The molecule has 30 heavy (non-hydrogen) atoms. The van der Waals surface area contributed by atoms with Gasteiger partial charge in [0.05, 0.1) is 33.6 Å². The average molecular weight is 485 g/mol. The Morgan fingerprint density at radius 2 is 1.83 bits per heavy atom. The highest BCUT2D eigenvalue weighted by Crippen LogP contribution is 2.40. The van der Waals surface area contributed by atoms with Gasteiger partial charge < -0.3 is 14.4 Å². The number of benzene rings is 2. The molecule has 0 N–H and O–H groups in total. The number of anilines is 1. The summed E-state index contributed by atoms with van der Waals surface area (Å²) in [4.78, 5) is 6.79. The van der Waals surface area contributed by atoms with E-state index in [4.69, 9.17) is 37.7 Å². The van der Waals surface area contributed by atoms with E-state index in [1.54, 1.807) is 17.8 Å². The zero-order chi connectivity index (χ0) is 20.9. The second-order valence-corrected chi connectivity index (χ2v) is 11.3. The molecule has 1 fully saturated rings. The summed E-state index contributed by atoms with van der Waals surface area (Å²) in [7, 11) is -3.11. The van der Waals surface area contributed by atoms with Crippen molar-refractivity contribution >= 4 is 55.7 Å². The molecule has 0 unspecified atom stereocenters. The molecule has 0 amide bonds. The van der Waals surface area contributed by atoms with Crippen LogP contribution in [0.3, 0.4) is 0 Å². The first-order valence-corrected chi connectivity index (χ1v) is 13.0. The van der Waals surface area contributed by atoms with Crippen LogP contribution in [0.1, 0.15) is 5.56 Å². The molecule has 0 saturated carbocycles. The molecule has 3 heterocycles. The van der Waals surface area contributed by atoms with Crippen molar-refractivity contribution in [2.45, 2.75) is 17.8 Å². The summed E-state index contributed by atoms with van der Waals surface area (Å²) in [6.07, 6.45) is 0. The van der Waals surface area contributed by atoms with Crippen molar-refractivity contribution in [2.75, 3.05) is 29.6 Å². The van der Waals surface area contributed by atoms with Gasteiger partial charge in [-0.2, -0.15) is 0 Å². The Labute approximate surface area is 189 Å². The highest BCUT2D eigenvalue weighted by atomic mass is 35.5. The van der Waals surface area contributed by atoms with Gasteiger partial charge in [-0.05, 0) is 29.8 Å². The number of hydrogen-bond donors (Lipinski definition) is 0. The highest BCUT2D eigenvalue weighted by molar-refractivity contribution is 8.13. The average Bonchev–Trinajstić information content (AvgIpc) is 3.19. The van der Waals surface area contributed by atoms with Gasteiger partial charge in [-0.3, -0.25) is 4.99 Å². The summed E-state index contributed by atoms with van der Waals surface area (Å²) in [6, 6.07) is 10.8. The molecule has 5 rings (SSSR count). The predicted octanol–water partition coefficient (Wildman–Crippen LogP) is 4.04. The number of ether oxygens (including phenoxy) is 2. The number of sulfone groups is 1. The van der Waals surface area contributed by atoms with Crippen molar-refractivity contribution in [3.8, 4) is 11.5 Å². The van der Waals surface area contributed by atoms with Crippen LogP contribution in [0, 0.1) is 0 Å². The first-order valence-electron chi connectivity index (χ1n) is 9.43. The Hall–Kier alpha value is -1.61. The highest BCUT2D eigenvalue weighted by Gasteiger charge is 2.47. The summed E-state index contributed by atoms with van der Waals surface area (Å²) in [5.74, 6) is 2.17. The molecule has 2 atom stereocenters. The number of hydrogen-bond acceptors (Lipinski definition) is 7. The number of halogens is 2. The fourth-order valence-corrected chi connectivity index (χ4v) is 7.12. The van der Waals surface area contributed by atoms with Crippen LogP contribution in [-0.4, -0.2) is 50.4 Å². The molecule has 3 aliphatic heterocycles. The molecule has 10 heteroatoms. The molecule has 0 aromatic heterocycles. The molecule has 2 aromatic carbocycles. The Kier molecular flexibility index (Phi) is 5.29. The third-order valence-electron chi connectivity index (χ3n) is 5.26. The monoisotopic (exact) mass is 484 g/mol. The maximum atomic E-state index is 12.2. The zero-order valence-corrected chi connectivity index (χ0v) is 18.9. The third-order valence-corrected chi connectivity index (χ3v) is 8.74. The molecule has 2 aromatic rings. The molecule has 158 valence electrons. The molecule has 1 saturated heterocycles. The molecule has 0 bridgehead atoms. The van der Waals surface area contributed by atoms with Gasteiger partial charge in [0.15, 0.2) is 26.5 Å². The Morgan fingerprint density at radius 3 is 2.63 bits per heavy atom. The van der Waals surface area contributed by atoms with Crippen LogP contribution in [-0.2, 0) is 15.6 Å². The minimum atomic E-state index is -3.11. The van der Waals surface area contributed by atoms with Crippen molar-refractivity contribution < 1.29 is 17.9 Å². The van der Waals surface area contributed by atoms with Gasteiger partial charge in [-0.1, -0.05) is 41.0 Å². The predicted molar refractivity (Wildman–Crippen MR) is 121 cm³/mol. The Bertz CT molecular complexity index is 1140. The third kappa shape index (κ3) is 3.86. The van der Waals surface area contributed by atoms with Crippen molar-refractivity contribution in [1.29, 1.82) is 0 Å². The fourth-order valence-electron chi connectivity index (χ4n) is 3.89. The van der Waals surface area contributed by atoms with Gasteiger partial charge in [0, 0.05) is 17.5 Å². The largest absolute Gasteiger partial charge is 0.486 e. The summed E-state index contributed by atoms with van der Waals surface area (Å²) in [5.41, 5.74) is 1.87. The van der Waals surface area contributed by atoms with Crippen LogP contribution < -0.4 is 14.4 Å². The Morgan fingerprint density at radius 1 is 1.03 bits per heavy atom. The lowest BCUT2D eigenvalue weighted by Gasteiger charge is -2.28. The van der Waals surface area contributed by atoms with E-state index < -0.39 is 9.84 Å². The van der Waals surface area contributed by atoms with Gasteiger partial charge >= 0.3 is 0 Å². The summed E-state index contributed by atoms with van der Waals surface area (Å²) in [6.45, 7) is 1.01. The number of aliphatic imine (C=N–C) groups is 1. The standard InChI is InChI=1S/C20H18Cl2N2O4S2/c21-14-3-1-12(7-15(14)22)9-29-20-23-16-10-30(25,26)11-17(16)24(20)13-2-4-18-19(8-13)28-6-5-27-18/h1-4,7-8,16-17H,5-6,9-11H2/t16-,17-/m1/s1. The minimum Gasteiger partial charge on any atom is -0.486 e. The maximum Gasteiger partial charge on any atom is 0.164 e. The normalized spacial score (nSPS) is 23.9. The van der Waals surface area contributed by atoms with Gasteiger partial charge in [0.1, 0.15) is 13.2 Å². The molecule has 0 aliphatic carbocycles. The lowest BCUT2D eigenvalue weighted by Crippen LogP contribution is -2.39. The van der Waals surface area contributed by atoms with Crippen LogP contribution >= 0.6 is 35.0 Å². The van der Waals surface area contributed by atoms with Gasteiger partial charge in [-0.25, -0.2) is 8.42 Å². The SMILES string of the molecule is O=S1(=O)C[C@@H]2[C@@H](C1)N=C(SCc1ccc(Cl)c(Cl)c1)N2c1ccc2c(c1)OCCO2. The lowest BCUT2D eigenvalue weighted by molar-refractivity contribution is 0.171. The topological polar surface area (TPSA) is 68.2 Å². The quantitative estimate of drug-likeness (QED) is 0.654. The minimum absolute atomic E-state index is 0.0789. The number of amidine groups is 1. The second-order valence-electron chi connectivity index (χ2n) is 7.36. The van der Waals surface area contributed by atoms with E-state index in [1.807, 2.05) is 35.2 Å². The Balaban J connectivity index is 1.44. The molecule has 3 aliphatic rings. The summed E-state index contributed by atoms with van der Waals surface area (Å²) in [5, 5.41) is 1.82. The van der Waals surface area contributed by atoms with Gasteiger partial charge in [0.25, 0.3) is 0 Å². The van der Waals surface area contributed by atoms with E-state index in [0.29, 0.717) is 40.5 Å². The molecular weight excluding hydrogens is 467 g/mol. The fraction of sp³-hybridized carbons (Fsp3) is 0.350. The zero-order valence-electron chi connectivity index (χ0n) is 15.8. The van der Waals surface area contributed by atoms with Crippen LogP contribution in [0.4, 0.5) is 5.69 Å². The van der Waals surface area contributed by atoms with Crippen molar-refractivity contribution in [3.63, 3.8) is 0 Å². The number of rotatable bonds is 3. The first-order chi connectivity index (χ1) is 14.4. The van der Waals surface area contributed by atoms with E-state index in [1.165, 1.54) is 0 Å². The van der Waals surface area contributed by atoms with Crippen molar-refractivity contribution in [3.05, 3.63) is 52.0 Å². The molecule has 0 spiro atoms. The van der Waals surface area contributed by atoms with E-state index >= 15 is 0 Å². The van der Waals surface area contributed by atoms with E-state index in [9.17, 15) is 8.42 Å². The molecule has 0 radical (unpaired) electrons. The summed E-state index contributed by atoms with van der Waals surface area (Å²) < 4.78 is 35.8. The summed E-state index contributed by atoms with van der Waals surface area (Å²) >= 11 is 13.7. The van der Waals surface area contributed by atoms with E-state index in [-0.39, 0.29) is 23.6 Å². The van der Waals surface area contributed by atoms with Crippen molar-refractivity contribution in [2.24, 2.45) is 4.99 Å². The van der Waals surface area contributed by atoms with Crippen LogP contribution in [0.25, 0.3) is 0 Å². The number of thioether (sulfide) groups is 1. The number of nitrogens with zero attached hydrogens (tertiary/aromatic N) is 2. The second kappa shape index (κ2) is 7.82. The molecular formula is C20H18Cl2N2O4S2. The van der Waals surface area contributed by atoms with Crippen LogP contribution in [0.2, 0.25) is 10.0 Å². The van der Waals surface area contributed by atoms with Crippen molar-refractivity contribution in [1.82, 2.24) is 0 Å². The number of fused-ring (bicyclic) bond motifs is 2. The van der Waals surface area contributed by atoms with Crippen LogP contribution in [0.5, 0.6) is 11.5 Å². The molecule has 6 nitrogen and oxygen atoms in total. The first kappa shape index (κ1) is 20.3. The maximum absolute atomic E-state index is 12.2. The van der Waals surface area contributed by atoms with E-state index in [0.717, 1.165) is 16.4 Å².